The smallest absolute Gasteiger partial charge is 0.231 e. The zero-order chi connectivity index (χ0) is 15.8. The van der Waals surface area contributed by atoms with Crippen LogP contribution in [0.5, 0.6) is 5.75 Å². The van der Waals surface area contributed by atoms with Crippen molar-refractivity contribution >= 4 is 22.7 Å². The predicted octanol–water partition coefficient (Wildman–Crippen LogP) is 4.92. The van der Waals surface area contributed by atoms with Gasteiger partial charge < -0.3 is 9.52 Å². The van der Waals surface area contributed by atoms with Crippen molar-refractivity contribution in [1.82, 2.24) is 9.97 Å². The van der Waals surface area contributed by atoms with Gasteiger partial charge >= 0.3 is 0 Å². The van der Waals surface area contributed by atoms with Gasteiger partial charge in [-0.15, -0.1) is 0 Å². The van der Waals surface area contributed by atoms with Gasteiger partial charge in [0.2, 0.25) is 5.71 Å². The average molecular weight is 323 g/mol. The van der Waals surface area contributed by atoms with Crippen molar-refractivity contribution in [3.63, 3.8) is 0 Å². The summed E-state index contributed by atoms with van der Waals surface area (Å²) < 4.78 is 5.94. The Balaban J connectivity index is 2.08. The second-order valence-electron chi connectivity index (χ2n) is 5.06. The fraction of sp³-hybridized carbons (Fsp3) is 0. The van der Waals surface area contributed by atoms with Crippen molar-refractivity contribution in [3.05, 3.63) is 66.1 Å². The number of hydrogen-bond acceptors (Lipinski definition) is 4. The molecular formula is C18H11ClN2O2. The molecule has 1 N–H and O–H groups in total. The van der Waals surface area contributed by atoms with E-state index in [9.17, 15) is 5.11 Å². The van der Waals surface area contributed by atoms with E-state index >= 15 is 0 Å². The maximum Gasteiger partial charge on any atom is 0.231 e. The minimum Gasteiger partial charge on any atom is -0.508 e. The van der Waals surface area contributed by atoms with Gasteiger partial charge in [-0.1, -0.05) is 41.9 Å². The Morgan fingerprint density at radius 1 is 0.870 bits per heavy atom. The molecule has 23 heavy (non-hydrogen) atoms. The Bertz CT molecular complexity index is 979. The average Bonchev–Trinajstić information content (AvgIpc) is 2.97. The van der Waals surface area contributed by atoms with E-state index < -0.39 is 0 Å². The lowest BCUT2D eigenvalue weighted by Gasteiger charge is -2.04. The second-order valence-corrected chi connectivity index (χ2v) is 5.42. The SMILES string of the molecule is Oc1ccc(-c2oc3ncnc(Cl)c3c2-c2ccccc2)cc1. The number of phenols is 1. The molecule has 2 aromatic heterocycles. The summed E-state index contributed by atoms with van der Waals surface area (Å²) in [5.74, 6) is 0.845. The molecule has 0 saturated heterocycles. The van der Waals surface area contributed by atoms with E-state index in [-0.39, 0.29) is 5.75 Å². The quantitative estimate of drug-likeness (QED) is 0.532. The van der Waals surface area contributed by atoms with Crippen LogP contribution >= 0.6 is 11.6 Å². The first-order chi connectivity index (χ1) is 11.2. The van der Waals surface area contributed by atoms with Crippen LogP contribution in [0, 0.1) is 0 Å². The molecule has 0 fully saturated rings. The Labute approximate surface area is 137 Å². The van der Waals surface area contributed by atoms with Crippen LogP contribution in [0.4, 0.5) is 0 Å². The van der Waals surface area contributed by atoms with E-state index in [0.29, 0.717) is 22.0 Å². The summed E-state index contributed by atoms with van der Waals surface area (Å²) in [5, 5.41) is 10.5. The summed E-state index contributed by atoms with van der Waals surface area (Å²) in [6, 6.07) is 16.6. The lowest BCUT2D eigenvalue weighted by Crippen LogP contribution is -1.83. The summed E-state index contributed by atoms with van der Waals surface area (Å²) in [6.07, 6.45) is 1.38. The van der Waals surface area contributed by atoms with Crippen LogP contribution in [0.1, 0.15) is 0 Å². The first-order valence-electron chi connectivity index (χ1n) is 7.02. The molecule has 0 radical (unpaired) electrons. The standard InChI is InChI=1S/C18H11ClN2O2/c19-17-15-14(11-4-2-1-3-5-11)16(23-18(15)21-10-20-17)12-6-8-13(22)9-7-12/h1-10,22H. The van der Waals surface area contributed by atoms with Gasteiger partial charge in [0.05, 0.1) is 5.39 Å². The first kappa shape index (κ1) is 13.8. The van der Waals surface area contributed by atoms with Gasteiger partial charge in [0.25, 0.3) is 0 Å². The molecular weight excluding hydrogens is 312 g/mol. The number of fused-ring (bicyclic) bond motifs is 1. The molecule has 0 aliphatic heterocycles. The van der Waals surface area contributed by atoms with Gasteiger partial charge in [0.1, 0.15) is 23.0 Å². The third-order valence-corrected chi connectivity index (χ3v) is 3.92. The highest BCUT2D eigenvalue weighted by Crippen LogP contribution is 2.42. The summed E-state index contributed by atoms with van der Waals surface area (Å²) in [7, 11) is 0. The largest absolute Gasteiger partial charge is 0.508 e. The molecule has 4 aromatic rings. The zero-order valence-corrected chi connectivity index (χ0v) is 12.7. The zero-order valence-electron chi connectivity index (χ0n) is 11.9. The van der Waals surface area contributed by atoms with Crippen LogP contribution in [0.15, 0.2) is 65.3 Å². The number of furan rings is 1. The monoisotopic (exact) mass is 322 g/mol. The summed E-state index contributed by atoms with van der Waals surface area (Å²) in [4.78, 5) is 8.25. The molecule has 0 aliphatic rings. The maximum atomic E-state index is 9.50. The molecule has 0 aliphatic carbocycles. The molecule has 112 valence electrons. The van der Waals surface area contributed by atoms with E-state index in [1.165, 1.54) is 6.33 Å². The van der Waals surface area contributed by atoms with Gasteiger partial charge in [-0.05, 0) is 29.8 Å². The third kappa shape index (κ3) is 2.33. The van der Waals surface area contributed by atoms with Crippen LogP contribution < -0.4 is 0 Å². The highest BCUT2D eigenvalue weighted by Gasteiger charge is 2.21. The number of aromatic hydroxyl groups is 1. The molecule has 0 saturated carbocycles. The minimum atomic E-state index is 0.198. The highest BCUT2D eigenvalue weighted by atomic mass is 35.5. The van der Waals surface area contributed by atoms with E-state index in [0.717, 1.165) is 16.7 Å². The number of phenolic OH excluding ortho intramolecular Hbond substituents is 1. The molecule has 0 bridgehead atoms. The van der Waals surface area contributed by atoms with Crippen molar-refractivity contribution in [1.29, 1.82) is 0 Å². The number of hydrogen-bond donors (Lipinski definition) is 1. The van der Waals surface area contributed by atoms with Crippen LogP contribution in [-0.2, 0) is 0 Å². The molecule has 5 heteroatoms. The predicted molar refractivity (Wildman–Crippen MR) is 89.4 cm³/mol. The molecule has 0 atom stereocenters. The van der Waals surface area contributed by atoms with Crippen molar-refractivity contribution in [2.45, 2.75) is 0 Å². The van der Waals surface area contributed by atoms with Gasteiger partial charge in [-0.25, -0.2) is 9.97 Å². The van der Waals surface area contributed by atoms with Crippen LogP contribution in [0.25, 0.3) is 33.6 Å². The van der Waals surface area contributed by atoms with Crippen molar-refractivity contribution in [3.8, 4) is 28.2 Å². The van der Waals surface area contributed by atoms with E-state index in [2.05, 4.69) is 9.97 Å². The number of nitrogens with zero attached hydrogens (tertiary/aromatic N) is 2. The summed E-state index contributed by atoms with van der Waals surface area (Å²) in [5.41, 5.74) is 3.07. The third-order valence-electron chi connectivity index (χ3n) is 3.63. The van der Waals surface area contributed by atoms with Gasteiger partial charge in [0, 0.05) is 11.1 Å². The molecule has 0 spiro atoms. The lowest BCUT2D eigenvalue weighted by molar-refractivity contribution is 0.475. The van der Waals surface area contributed by atoms with Crippen molar-refractivity contribution in [2.24, 2.45) is 0 Å². The van der Waals surface area contributed by atoms with Gasteiger partial charge in [-0.2, -0.15) is 0 Å². The number of benzene rings is 2. The maximum absolute atomic E-state index is 9.50. The van der Waals surface area contributed by atoms with E-state index in [1.807, 2.05) is 30.3 Å². The fourth-order valence-electron chi connectivity index (χ4n) is 2.59. The first-order valence-corrected chi connectivity index (χ1v) is 7.39. The second kappa shape index (κ2) is 5.41. The normalized spacial score (nSPS) is 11.0. The van der Waals surface area contributed by atoms with Gasteiger partial charge in [0.15, 0.2) is 0 Å². The molecule has 0 unspecified atom stereocenters. The van der Waals surface area contributed by atoms with E-state index in [4.69, 9.17) is 16.0 Å². The minimum absolute atomic E-state index is 0.198. The van der Waals surface area contributed by atoms with Crippen LogP contribution in [0.2, 0.25) is 5.15 Å². The molecule has 2 aromatic carbocycles. The lowest BCUT2D eigenvalue weighted by atomic mass is 10.00. The molecule has 2 heterocycles. The van der Waals surface area contributed by atoms with Crippen LogP contribution in [0.3, 0.4) is 0 Å². The fourth-order valence-corrected chi connectivity index (χ4v) is 2.81. The number of rotatable bonds is 2. The van der Waals surface area contributed by atoms with Crippen molar-refractivity contribution < 1.29 is 9.52 Å². The summed E-state index contributed by atoms with van der Waals surface area (Å²) >= 11 is 6.29. The molecule has 4 nitrogen and oxygen atoms in total. The summed E-state index contributed by atoms with van der Waals surface area (Å²) in [6.45, 7) is 0. The number of aromatic nitrogens is 2. The molecule has 0 amide bonds. The van der Waals surface area contributed by atoms with E-state index in [1.54, 1.807) is 24.3 Å². The Kier molecular flexibility index (Phi) is 3.24. The number of halogens is 1. The topological polar surface area (TPSA) is 59.2 Å². The Hall–Kier alpha value is -2.85. The van der Waals surface area contributed by atoms with Gasteiger partial charge in [-0.3, -0.25) is 0 Å². The van der Waals surface area contributed by atoms with Crippen molar-refractivity contribution in [2.75, 3.05) is 0 Å². The Morgan fingerprint density at radius 3 is 2.35 bits per heavy atom. The highest BCUT2D eigenvalue weighted by molar-refractivity contribution is 6.35. The van der Waals surface area contributed by atoms with Crippen LogP contribution in [-0.4, -0.2) is 15.1 Å². The Morgan fingerprint density at radius 2 is 1.61 bits per heavy atom. The molecule has 4 rings (SSSR count).